The van der Waals surface area contributed by atoms with E-state index in [-0.39, 0.29) is 24.5 Å². The fraction of sp³-hybridized carbons (Fsp3) is 0.562. The summed E-state index contributed by atoms with van der Waals surface area (Å²) in [7, 11) is 0. The van der Waals surface area contributed by atoms with Gasteiger partial charge in [-0.2, -0.15) is 0 Å². The maximum absolute atomic E-state index is 12.2. The quantitative estimate of drug-likeness (QED) is 0.879. The van der Waals surface area contributed by atoms with E-state index in [2.05, 4.69) is 5.32 Å². The second-order valence-electron chi connectivity index (χ2n) is 5.56. The van der Waals surface area contributed by atoms with Crippen molar-refractivity contribution in [3.63, 3.8) is 0 Å². The zero-order chi connectivity index (χ0) is 15.2. The Morgan fingerprint density at radius 3 is 2.71 bits per heavy atom. The van der Waals surface area contributed by atoms with Crippen molar-refractivity contribution in [1.29, 1.82) is 0 Å². The first-order chi connectivity index (χ1) is 10.1. The lowest BCUT2D eigenvalue weighted by molar-refractivity contribution is -0.128. The molecule has 1 amide bonds. The minimum absolute atomic E-state index is 0.0486. The predicted molar refractivity (Wildman–Crippen MR) is 82.5 cm³/mol. The Labute approximate surface area is 130 Å². The Balaban J connectivity index is 1.88. The first-order valence-corrected chi connectivity index (χ1v) is 7.81. The van der Waals surface area contributed by atoms with Gasteiger partial charge in [-0.15, -0.1) is 0 Å². The van der Waals surface area contributed by atoms with Crippen LogP contribution in [0.25, 0.3) is 0 Å². The van der Waals surface area contributed by atoms with Gasteiger partial charge in [0.25, 0.3) is 5.91 Å². The van der Waals surface area contributed by atoms with Crippen LogP contribution in [0.3, 0.4) is 0 Å². The summed E-state index contributed by atoms with van der Waals surface area (Å²) in [6.07, 6.45) is 3.52. The standard InChI is InChI=1S/C16H22ClNO3/c1-11(21-14-8-6-13(17)7-9-14)16(20)18-15-5-3-2-4-12(15)10-19/h6-9,11-12,15,19H,2-5,10H2,1H3,(H,18,20). The predicted octanol–water partition coefficient (Wildman–Crippen LogP) is 2.77. The molecule has 0 heterocycles. The fourth-order valence-corrected chi connectivity index (χ4v) is 2.81. The number of aliphatic hydroxyl groups excluding tert-OH is 1. The fourth-order valence-electron chi connectivity index (χ4n) is 2.69. The van der Waals surface area contributed by atoms with Crippen LogP contribution in [0.5, 0.6) is 5.75 Å². The molecular weight excluding hydrogens is 290 g/mol. The van der Waals surface area contributed by atoms with Crippen molar-refractivity contribution in [1.82, 2.24) is 5.32 Å². The summed E-state index contributed by atoms with van der Waals surface area (Å²) in [5.41, 5.74) is 0. The van der Waals surface area contributed by atoms with Crippen LogP contribution in [0.4, 0.5) is 0 Å². The minimum Gasteiger partial charge on any atom is -0.481 e. The third kappa shape index (κ3) is 4.61. The molecule has 0 spiro atoms. The normalized spacial score (nSPS) is 23.4. The third-order valence-electron chi connectivity index (χ3n) is 3.97. The molecule has 0 aliphatic heterocycles. The van der Waals surface area contributed by atoms with Gasteiger partial charge in [-0.05, 0) is 44.0 Å². The van der Waals surface area contributed by atoms with E-state index in [4.69, 9.17) is 16.3 Å². The Hall–Kier alpha value is -1.26. The smallest absolute Gasteiger partial charge is 0.261 e. The Morgan fingerprint density at radius 1 is 1.38 bits per heavy atom. The molecule has 3 atom stereocenters. The topological polar surface area (TPSA) is 58.6 Å². The van der Waals surface area contributed by atoms with Gasteiger partial charge in [-0.3, -0.25) is 4.79 Å². The van der Waals surface area contributed by atoms with Gasteiger partial charge in [-0.25, -0.2) is 0 Å². The highest BCUT2D eigenvalue weighted by Gasteiger charge is 2.27. The maximum Gasteiger partial charge on any atom is 0.261 e. The molecule has 1 saturated carbocycles. The zero-order valence-electron chi connectivity index (χ0n) is 12.2. The van der Waals surface area contributed by atoms with E-state index in [1.165, 1.54) is 0 Å². The summed E-state index contributed by atoms with van der Waals surface area (Å²) in [5.74, 6) is 0.630. The molecule has 0 radical (unpaired) electrons. The highest BCUT2D eigenvalue weighted by molar-refractivity contribution is 6.30. The van der Waals surface area contributed by atoms with Crippen molar-refractivity contribution in [3.8, 4) is 5.75 Å². The van der Waals surface area contributed by atoms with Crippen LogP contribution in [0.2, 0.25) is 5.02 Å². The summed E-state index contributed by atoms with van der Waals surface area (Å²) in [4.78, 5) is 12.2. The van der Waals surface area contributed by atoms with E-state index >= 15 is 0 Å². The van der Waals surface area contributed by atoms with E-state index in [1.807, 2.05) is 0 Å². The second kappa shape index (κ2) is 7.66. The maximum atomic E-state index is 12.2. The number of halogens is 1. The number of carbonyl (C=O) groups is 1. The minimum atomic E-state index is -0.576. The number of amides is 1. The van der Waals surface area contributed by atoms with Gasteiger partial charge < -0.3 is 15.2 Å². The lowest BCUT2D eigenvalue weighted by atomic mass is 9.85. The lowest BCUT2D eigenvalue weighted by Crippen LogP contribution is -2.47. The number of rotatable bonds is 5. The molecule has 21 heavy (non-hydrogen) atoms. The monoisotopic (exact) mass is 311 g/mol. The van der Waals surface area contributed by atoms with Gasteiger partial charge in [0.15, 0.2) is 6.10 Å². The average molecular weight is 312 g/mol. The Morgan fingerprint density at radius 2 is 2.05 bits per heavy atom. The summed E-state index contributed by atoms with van der Waals surface area (Å²) in [6, 6.07) is 6.98. The molecule has 1 fully saturated rings. The van der Waals surface area contributed by atoms with Gasteiger partial charge in [-0.1, -0.05) is 24.4 Å². The molecule has 3 unspecified atom stereocenters. The van der Waals surface area contributed by atoms with Crippen LogP contribution in [-0.4, -0.2) is 29.8 Å². The molecule has 2 N–H and O–H groups in total. The molecule has 1 aromatic rings. The van der Waals surface area contributed by atoms with Crippen LogP contribution in [-0.2, 0) is 4.79 Å². The zero-order valence-corrected chi connectivity index (χ0v) is 13.0. The van der Waals surface area contributed by atoms with Crippen molar-refractivity contribution in [2.75, 3.05) is 6.61 Å². The highest BCUT2D eigenvalue weighted by Crippen LogP contribution is 2.24. The van der Waals surface area contributed by atoms with Crippen LogP contribution in [0.15, 0.2) is 24.3 Å². The summed E-state index contributed by atoms with van der Waals surface area (Å²) < 4.78 is 5.61. The van der Waals surface area contributed by atoms with E-state index in [0.717, 1.165) is 25.7 Å². The lowest BCUT2D eigenvalue weighted by Gasteiger charge is -2.31. The third-order valence-corrected chi connectivity index (χ3v) is 4.22. The average Bonchev–Trinajstić information content (AvgIpc) is 2.50. The van der Waals surface area contributed by atoms with Gasteiger partial charge in [0.1, 0.15) is 5.75 Å². The number of carbonyl (C=O) groups excluding carboxylic acids is 1. The number of hydrogen-bond donors (Lipinski definition) is 2. The van der Waals surface area contributed by atoms with Crippen LogP contribution in [0, 0.1) is 5.92 Å². The summed E-state index contributed by atoms with van der Waals surface area (Å²) >= 11 is 5.81. The first-order valence-electron chi connectivity index (χ1n) is 7.43. The van der Waals surface area contributed by atoms with E-state index in [9.17, 15) is 9.90 Å². The Bertz CT molecular complexity index is 463. The number of benzene rings is 1. The van der Waals surface area contributed by atoms with Gasteiger partial charge in [0, 0.05) is 23.6 Å². The highest BCUT2D eigenvalue weighted by atomic mass is 35.5. The molecule has 4 nitrogen and oxygen atoms in total. The second-order valence-corrected chi connectivity index (χ2v) is 5.99. The number of ether oxygens (including phenoxy) is 1. The van der Waals surface area contributed by atoms with Crippen molar-refractivity contribution >= 4 is 17.5 Å². The summed E-state index contributed by atoms with van der Waals surface area (Å²) in [6.45, 7) is 1.85. The molecule has 1 aliphatic rings. The number of hydrogen-bond acceptors (Lipinski definition) is 3. The molecule has 116 valence electrons. The molecule has 0 bridgehead atoms. The Kier molecular flexibility index (Phi) is 5.88. The largest absolute Gasteiger partial charge is 0.481 e. The molecule has 1 aliphatic carbocycles. The van der Waals surface area contributed by atoms with Gasteiger partial charge in [0.05, 0.1) is 0 Å². The van der Waals surface area contributed by atoms with Crippen LogP contribution < -0.4 is 10.1 Å². The molecule has 2 rings (SSSR count). The van der Waals surface area contributed by atoms with Crippen molar-refractivity contribution in [2.45, 2.75) is 44.8 Å². The van der Waals surface area contributed by atoms with Gasteiger partial charge >= 0.3 is 0 Å². The molecule has 5 heteroatoms. The van der Waals surface area contributed by atoms with Crippen molar-refractivity contribution in [3.05, 3.63) is 29.3 Å². The van der Waals surface area contributed by atoms with E-state index < -0.39 is 6.10 Å². The van der Waals surface area contributed by atoms with Crippen molar-refractivity contribution < 1.29 is 14.6 Å². The number of aliphatic hydroxyl groups is 1. The van der Waals surface area contributed by atoms with E-state index in [1.54, 1.807) is 31.2 Å². The first kappa shape index (κ1) is 16.1. The van der Waals surface area contributed by atoms with Crippen molar-refractivity contribution in [2.24, 2.45) is 5.92 Å². The molecule has 1 aromatic carbocycles. The van der Waals surface area contributed by atoms with E-state index in [0.29, 0.717) is 10.8 Å². The SMILES string of the molecule is CC(Oc1ccc(Cl)cc1)C(=O)NC1CCCCC1CO. The van der Waals surface area contributed by atoms with Crippen LogP contribution in [0.1, 0.15) is 32.6 Å². The molecular formula is C16H22ClNO3. The summed E-state index contributed by atoms with van der Waals surface area (Å²) in [5, 5.41) is 13.0. The molecule has 0 aromatic heterocycles. The molecule has 0 saturated heterocycles. The van der Waals surface area contributed by atoms with Gasteiger partial charge in [0.2, 0.25) is 0 Å². The number of nitrogens with one attached hydrogen (secondary N) is 1. The van der Waals surface area contributed by atoms with Crippen LogP contribution >= 0.6 is 11.6 Å².